The van der Waals surface area contributed by atoms with Gasteiger partial charge in [-0.25, -0.2) is 14.6 Å². The topological polar surface area (TPSA) is 167 Å². The fourth-order valence-corrected chi connectivity index (χ4v) is 2.72. The number of nitro groups is 1. The second-order valence-corrected chi connectivity index (χ2v) is 6.59. The summed E-state index contributed by atoms with van der Waals surface area (Å²) in [7, 11) is 0. The number of hydrogen-bond donors (Lipinski definition) is 2. The van der Waals surface area contributed by atoms with E-state index in [0.29, 0.717) is 33.9 Å². The van der Waals surface area contributed by atoms with Gasteiger partial charge in [-0.15, -0.1) is 0 Å². The first-order chi connectivity index (χ1) is 15.2. The molecule has 0 spiro atoms. The summed E-state index contributed by atoms with van der Waals surface area (Å²) in [6, 6.07) is 8.66. The average Bonchev–Trinajstić information content (AvgIpc) is 3.12. The van der Waals surface area contributed by atoms with Crippen LogP contribution in [-0.4, -0.2) is 32.4 Å². The van der Waals surface area contributed by atoms with E-state index < -0.39 is 17.2 Å². The predicted octanol–water partition coefficient (Wildman–Crippen LogP) is 4.20. The fourth-order valence-electron chi connectivity index (χ4n) is 2.72. The SMILES string of the molecule is Cc1nc(-c2onc(C)c2COC(=O)OCc2ccc([N+](=O)[O-])cc2)ccc1NC(=O)O. The minimum atomic E-state index is -1.21. The third-order valence-electron chi connectivity index (χ3n) is 4.38. The van der Waals surface area contributed by atoms with Crippen molar-refractivity contribution in [1.82, 2.24) is 10.1 Å². The smallest absolute Gasteiger partial charge is 0.465 e. The van der Waals surface area contributed by atoms with Crippen molar-refractivity contribution in [1.29, 1.82) is 0 Å². The quantitative estimate of drug-likeness (QED) is 0.307. The molecule has 0 bridgehead atoms. The maximum absolute atomic E-state index is 12.0. The van der Waals surface area contributed by atoms with E-state index in [-0.39, 0.29) is 24.7 Å². The van der Waals surface area contributed by atoms with Gasteiger partial charge in [0.1, 0.15) is 18.9 Å². The highest BCUT2D eigenvalue weighted by Crippen LogP contribution is 2.27. The lowest BCUT2D eigenvalue weighted by molar-refractivity contribution is -0.384. The van der Waals surface area contributed by atoms with E-state index in [1.807, 2.05) is 0 Å². The van der Waals surface area contributed by atoms with Gasteiger partial charge in [-0.1, -0.05) is 5.16 Å². The molecule has 2 aromatic heterocycles. The van der Waals surface area contributed by atoms with Crippen LogP contribution in [0, 0.1) is 24.0 Å². The first kappa shape index (κ1) is 22.2. The second-order valence-electron chi connectivity index (χ2n) is 6.59. The van der Waals surface area contributed by atoms with E-state index >= 15 is 0 Å². The highest BCUT2D eigenvalue weighted by molar-refractivity contribution is 5.84. The lowest BCUT2D eigenvalue weighted by Gasteiger charge is -2.08. The van der Waals surface area contributed by atoms with Crippen molar-refractivity contribution in [2.24, 2.45) is 0 Å². The highest BCUT2D eigenvalue weighted by atomic mass is 16.7. The van der Waals surface area contributed by atoms with E-state index in [2.05, 4.69) is 15.5 Å². The van der Waals surface area contributed by atoms with Gasteiger partial charge in [0.2, 0.25) is 0 Å². The van der Waals surface area contributed by atoms with Crippen LogP contribution in [0.15, 0.2) is 40.9 Å². The summed E-state index contributed by atoms with van der Waals surface area (Å²) in [4.78, 5) is 37.2. The summed E-state index contributed by atoms with van der Waals surface area (Å²) in [6.07, 6.45) is -2.15. The van der Waals surface area contributed by atoms with Gasteiger partial charge in [0.15, 0.2) is 5.76 Å². The number of pyridine rings is 1. The van der Waals surface area contributed by atoms with Gasteiger partial charge >= 0.3 is 12.2 Å². The zero-order valence-electron chi connectivity index (χ0n) is 17.0. The number of amides is 1. The molecule has 166 valence electrons. The molecule has 0 saturated heterocycles. The molecule has 0 atom stereocenters. The van der Waals surface area contributed by atoms with Crippen molar-refractivity contribution in [3.8, 4) is 11.5 Å². The molecular weight excluding hydrogens is 424 g/mol. The third kappa shape index (κ3) is 5.36. The molecular formula is C20H18N4O8. The normalized spacial score (nSPS) is 10.4. The van der Waals surface area contributed by atoms with Crippen molar-refractivity contribution in [3.05, 3.63) is 69.0 Å². The monoisotopic (exact) mass is 442 g/mol. The Bertz CT molecular complexity index is 1160. The molecule has 0 fully saturated rings. The fraction of sp³-hybridized carbons (Fsp3) is 0.200. The van der Waals surface area contributed by atoms with Crippen LogP contribution < -0.4 is 5.32 Å². The number of carboxylic acid groups (broad SMARTS) is 1. The van der Waals surface area contributed by atoms with Gasteiger partial charge in [-0.3, -0.25) is 15.4 Å². The van der Waals surface area contributed by atoms with Crippen LogP contribution in [0.25, 0.3) is 11.5 Å². The molecule has 0 radical (unpaired) electrons. The number of benzene rings is 1. The van der Waals surface area contributed by atoms with Gasteiger partial charge in [-0.05, 0) is 43.7 Å². The summed E-state index contributed by atoms with van der Waals surface area (Å²) < 4.78 is 15.5. The van der Waals surface area contributed by atoms with Crippen LogP contribution in [0.5, 0.6) is 0 Å². The molecule has 0 saturated carbocycles. The van der Waals surface area contributed by atoms with E-state index in [1.54, 1.807) is 19.9 Å². The van der Waals surface area contributed by atoms with Crippen molar-refractivity contribution in [2.75, 3.05) is 5.32 Å². The second kappa shape index (κ2) is 9.55. The van der Waals surface area contributed by atoms with Gasteiger partial charge in [0.05, 0.1) is 27.6 Å². The molecule has 2 N–H and O–H groups in total. The van der Waals surface area contributed by atoms with Gasteiger partial charge in [0.25, 0.3) is 5.69 Å². The van der Waals surface area contributed by atoms with Crippen molar-refractivity contribution < 1.29 is 33.6 Å². The Morgan fingerprint density at radius 1 is 1.09 bits per heavy atom. The molecule has 32 heavy (non-hydrogen) atoms. The number of carbonyl (C=O) groups excluding carboxylic acids is 1. The number of aryl methyl sites for hydroxylation is 2. The summed E-state index contributed by atoms with van der Waals surface area (Å²) >= 11 is 0. The molecule has 0 aliphatic carbocycles. The van der Waals surface area contributed by atoms with Crippen LogP contribution >= 0.6 is 0 Å². The Morgan fingerprint density at radius 3 is 2.41 bits per heavy atom. The number of ether oxygens (including phenoxy) is 2. The lowest BCUT2D eigenvalue weighted by atomic mass is 10.1. The Hall–Kier alpha value is -4.48. The van der Waals surface area contributed by atoms with Gasteiger partial charge < -0.3 is 19.1 Å². The minimum Gasteiger partial charge on any atom is -0.465 e. The number of nitro benzene ring substituents is 1. The summed E-state index contributed by atoms with van der Waals surface area (Å²) in [5.74, 6) is 0.274. The van der Waals surface area contributed by atoms with Crippen LogP contribution in [-0.2, 0) is 22.7 Å². The van der Waals surface area contributed by atoms with Gasteiger partial charge in [-0.2, -0.15) is 0 Å². The standard InChI is InChI=1S/C20H18N4O8/c1-11-15(10-31-20(27)30-9-13-3-5-14(6-4-13)24(28)29)18(32-23-11)17-8-7-16(12(2)21-17)22-19(25)26/h3-8,22H,9-10H2,1-2H3,(H,25,26). The van der Waals surface area contributed by atoms with Crippen LogP contribution in [0.1, 0.15) is 22.5 Å². The van der Waals surface area contributed by atoms with E-state index in [0.717, 1.165) is 0 Å². The molecule has 3 aromatic rings. The predicted molar refractivity (Wildman–Crippen MR) is 109 cm³/mol. The highest BCUT2D eigenvalue weighted by Gasteiger charge is 2.19. The molecule has 1 aromatic carbocycles. The Balaban J connectivity index is 1.63. The van der Waals surface area contributed by atoms with Crippen molar-refractivity contribution >= 4 is 23.6 Å². The maximum atomic E-state index is 12.0. The number of aromatic nitrogens is 2. The minimum absolute atomic E-state index is 0.0672. The number of rotatable bonds is 7. The van der Waals surface area contributed by atoms with E-state index in [4.69, 9.17) is 19.1 Å². The molecule has 2 heterocycles. The van der Waals surface area contributed by atoms with Crippen LogP contribution in [0.4, 0.5) is 21.0 Å². The number of hydrogen-bond acceptors (Lipinski definition) is 9. The zero-order chi connectivity index (χ0) is 23.3. The number of non-ortho nitro benzene ring substituents is 1. The number of nitrogens with zero attached hydrogens (tertiary/aromatic N) is 3. The van der Waals surface area contributed by atoms with E-state index in [9.17, 15) is 19.7 Å². The average molecular weight is 442 g/mol. The number of nitrogens with one attached hydrogen (secondary N) is 1. The Kier molecular flexibility index (Phi) is 6.63. The van der Waals surface area contributed by atoms with E-state index in [1.165, 1.54) is 30.3 Å². The molecule has 0 aliphatic rings. The lowest BCUT2D eigenvalue weighted by Crippen LogP contribution is -2.09. The first-order valence-corrected chi connectivity index (χ1v) is 9.20. The molecule has 12 heteroatoms. The zero-order valence-corrected chi connectivity index (χ0v) is 17.0. The van der Waals surface area contributed by atoms with Crippen LogP contribution in [0.3, 0.4) is 0 Å². The molecule has 0 unspecified atom stereocenters. The largest absolute Gasteiger partial charge is 0.508 e. The Morgan fingerprint density at radius 2 is 1.78 bits per heavy atom. The molecule has 12 nitrogen and oxygen atoms in total. The van der Waals surface area contributed by atoms with Crippen molar-refractivity contribution in [3.63, 3.8) is 0 Å². The molecule has 1 amide bonds. The molecule has 3 rings (SSSR count). The number of anilines is 1. The third-order valence-corrected chi connectivity index (χ3v) is 4.38. The van der Waals surface area contributed by atoms with Crippen molar-refractivity contribution in [2.45, 2.75) is 27.1 Å². The summed E-state index contributed by atoms with van der Waals surface area (Å²) in [6.45, 7) is 2.98. The van der Waals surface area contributed by atoms with Crippen LogP contribution in [0.2, 0.25) is 0 Å². The number of carbonyl (C=O) groups is 2. The maximum Gasteiger partial charge on any atom is 0.508 e. The summed E-state index contributed by atoms with van der Waals surface area (Å²) in [5, 5.41) is 25.6. The molecule has 0 aliphatic heterocycles. The van der Waals surface area contributed by atoms with Gasteiger partial charge in [0, 0.05) is 12.1 Å². The first-order valence-electron chi connectivity index (χ1n) is 9.20. The Labute approximate surface area is 180 Å². The summed E-state index contributed by atoms with van der Waals surface area (Å²) in [5.41, 5.74) is 2.58.